The smallest absolute Gasteiger partial charge is 0.450 e. The quantitative estimate of drug-likeness (QED) is 0.278. The number of hydrogen-bond acceptors (Lipinski definition) is 5. The average Bonchev–Trinajstić information content (AvgIpc) is 2.86. The molecule has 10 heteroatoms. The van der Waals surface area contributed by atoms with Gasteiger partial charge in [-0.25, -0.2) is 0 Å². The molecular weight excluding hydrogens is 573 g/mol. The minimum atomic E-state index is -4.92. The predicted molar refractivity (Wildman–Crippen MR) is 141 cm³/mol. The Bertz CT molecular complexity index is 1510. The fraction of sp³-hybridized carbons (Fsp3) is 0.222. The van der Waals surface area contributed by atoms with Crippen molar-refractivity contribution in [3.05, 3.63) is 91.7 Å². The van der Waals surface area contributed by atoms with E-state index in [-0.39, 0.29) is 34.4 Å². The number of aromatic hydroxyl groups is 1. The van der Waals surface area contributed by atoms with Gasteiger partial charge in [0.05, 0.1) is 16.5 Å². The maximum absolute atomic E-state index is 14.1. The van der Waals surface area contributed by atoms with Crippen LogP contribution in [0, 0.1) is 0 Å². The van der Waals surface area contributed by atoms with Crippen LogP contribution in [-0.4, -0.2) is 36.2 Å². The Labute approximate surface area is 223 Å². The van der Waals surface area contributed by atoms with E-state index in [1.807, 2.05) is 23.1 Å². The summed E-state index contributed by atoms with van der Waals surface area (Å²) in [5, 5.41) is 11.2. The molecule has 0 amide bonds. The van der Waals surface area contributed by atoms with Crippen LogP contribution in [0.3, 0.4) is 0 Å². The molecule has 5 nitrogen and oxygen atoms in total. The summed E-state index contributed by atoms with van der Waals surface area (Å²) in [6.07, 6.45) is -4.92. The largest absolute Gasteiger partial charge is 0.507 e. The highest BCUT2D eigenvalue weighted by atomic mass is 79.9. The Morgan fingerprint density at radius 1 is 1.00 bits per heavy atom. The van der Waals surface area contributed by atoms with Gasteiger partial charge in [0.25, 0.3) is 0 Å². The molecule has 0 bridgehead atoms. The van der Waals surface area contributed by atoms with Gasteiger partial charge in [-0.2, -0.15) is 13.2 Å². The number of hydrogen-bond donors (Lipinski definition) is 1. The molecule has 0 atom stereocenters. The number of fused-ring (bicyclic) bond motifs is 1. The van der Waals surface area contributed by atoms with Crippen LogP contribution in [0.1, 0.15) is 11.3 Å². The molecule has 5 rings (SSSR count). The molecule has 1 fully saturated rings. The predicted octanol–water partition coefficient (Wildman–Crippen LogP) is 6.92. The fourth-order valence-electron chi connectivity index (χ4n) is 4.60. The van der Waals surface area contributed by atoms with Crippen molar-refractivity contribution in [2.75, 3.05) is 31.1 Å². The first-order chi connectivity index (χ1) is 17.6. The zero-order chi connectivity index (χ0) is 26.3. The molecule has 0 unspecified atom stereocenters. The van der Waals surface area contributed by atoms with Gasteiger partial charge in [0.1, 0.15) is 11.3 Å². The molecular formula is C27H21BrClF3N2O3. The van der Waals surface area contributed by atoms with E-state index in [1.54, 1.807) is 18.2 Å². The number of rotatable bonds is 4. The normalized spacial score (nSPS) is 14.9. The number of piperazine rings is 1. The summed E-state index contributed by atoms with van der Waals surface area (Å²) in [4.78, 5) is 17.5. The Hall–Kier alpha value is -3.01. The molecule has 192 valence electrons. The van der Waals surface area contributed by atoms with Crippen LogP contribution in [0.25, 0.3) is 22.1 Å². The number of anilines is 1. The second-order valence-corrected chi connectivity index (χ2v) is 10.2. The molecule has 4 aromatic rings. The highest BCUT2D eigenvalue weighted by Crippen LogP contribution is 2.39. The average molecular weight is 594 g/mol. The van der Waals surface area contributed by atoms with E-state index < -0.39 is 22.9 Å². The van der Waals surface area contributed by atoms with E-state index in [2.05, 4.69) is 20.8 Å². The van der Waals surface area contributed by atoms with Gasteiger partial charge in [0.15, 0.2) is 0 Å². The highest BCUT2D eigenvalue weighted by molar-refractivity contribution is 9.10. The van der Waals surface area contributed by atoms with Gasteiger partial charge in [0.2, 0.25) is 11.2 Å². The van der Waals surface area contributed by atoms with E-state index in [0.717, 1.165) is 5.69 Å². The van der Waals surface area contributed by atoms with Gasteiger partial charge in [-0.3, -0.25) is 9.69 Å². The lowest BCUT2D eigenvalue weighted by atomic mass is 10.00. The maximum Gasteiger partial charge on any atom is 0.450 e. The summed E-state index contributed by atoms with van der Waals surface area (Å²) in [6.45, 7) is 2.64. The molecule has 0 spiro atoms. The Morgan fingerprint density at radius 3 is 2.35 bits per heavy atom. The Kier molecular flexibility index (Phi) is 6.95. The van der Waals surface area contributed by atoms with Gasteiger partial charge in [-0.1, -0.05) is 45.7 Å². The lowest BCUT2D eigenvalue weighted by Gasteiger charge is -2.36. The molecule has 1 aliphatic rings. The Balaban J connectivity index is 1.51. The van der Waals surface area contributed by atoms with E-state index in [9.17, 15) is 23.1 Å². The van der Waals surface area contributed by atoms with Crippen LogP contribution >= 0.6 is 27.5 Å². The lowest BCUT2D eigenvalue weighted by molar-refractivity contribution is -0.152. The summed E-state index contributed by atoms with van der Waals surface area (Å²) in [5.74, 6) is -1.61. The third-order valence-electron chi connectivity index (χ3n) is 6.46. The minimum absolute atomic E-state index is 0.0173. The van der Waals surface area contributed by atoms with E-state index in [4.69, 9.17) is 16.0 Å². The number of nitrogens with zero attached hydrogens (tertiary/aromatic N) is 2. The molecule has 0 radical (unpaired) electrons. The standard InChI is InChI=1S/C27H21BrClF3N2O3/c28-17-6-4-16(5-7-17)23-24(36)20-8-9-22(35)21(25(20)37-26(23)27(30,31)32)15-33-10-12-34(13-11-33)19-3-1-2-18(29)14-19/h1-9,14,35H,10-13,15H2. The van der Waals surface area contributed by atoms with Crippen molar-refractivity contribution in [2.45, 2.75) is 12.7 Å². The number of alkyl halides is 3. The maximum atomic E-state index is 14.1. The van der Waals surface area contributed by atoms with Crippen LogP contribution in [0.4, 0.5) is 18.9 Å². The number of phenolic OH excluding ortho intramolecular Hbond substituents is 1. The van der Waals surface area contributed by atoms with Crippen LogP contribution in [0.15, 0.2) is 74.3 Å². The molecule has 1 aromatic heterocycles. The molecule has 0 aliphatic carbocycles. The fourth-order valence-corrected chi connectivity index (χ4v) is 5.04. The molecule has 3 aromatic carbocycles. The molecule has 1 saturated heterocycles. The summed E-state index contributed by atoms with van der Waals surface area (Å²) in [5.41, 5.74) is -0.379. The topological polar surface area (TPSA) is 56.9 Å². The Morgan fingerprint density at radius 2 is 1.70 bits per heavy atom. The van der Waals surface area contributed by atoms with E-state index >= 15 is 0 Å². The summed E-state index contributed by atoms with van der Waals surface area (Å²) >= 11 is 9.36. The molecule has 37 heavy (non-hydrogen) atoms. The number of phenols is 1. The van der Waals surface area contributed by atoms with Crippen LogP contribution in [0.2, 0.25) is 5.02 Å². The molecule has 1 N–H and O–H groups in total. The molecule has 2 heterocycles. The zero-order valence-corrected chi connectivity index (χ0v) is 21.7. The summed E-state index contributed by atoms with van der Waals surface area (Å²) in [7, 11) is 0. The second kappa shape index (κ2) is 10.0. The SMILES string of the molecule is O=c1c(-c2ccc(Br)cc2)c(C(F)(F)F)oc2c(CN3CCN(c4cccc(Cl)c4)CC3)c(O)ccc12. The van der Waals surface area contributed by atoms with Crippen molar-refractivity contribution >= 4 is 44.2 Å². The molecule has 1 aliphatic heterocycles. The van der Waals surface area contributed by atoms with Crippen molar-refractivity contribution < 1.29 is 22.7 Å². The highest BCUT2D eigenvalue weighted by Gasteiger charge is 2.40. The third kappa shape index (κ3) is 5.21. The minimum Gasteiger partial charge on any atom is -0.507 e. The van der Waals surface area contributed by atoms with Gasteiger partial charge in [-0.15, -0.1) is 0 Å². The lowest BCUT2D eigenvalue weighted by Crippen LogP contribution is -2.46. The van der Waals surface area contributed by atoms with Crippen molar-refractivity contribution in [3.63, 3.8) is 0 Å². The summed E-state index contributed by atoms with van der Waals surface area (Å²) in [6, 6.07) is 16.1. The monoisotopic (exact) mass is 592 g/mol. The van der Waals surface area contributed by atoms with Crippen molar-refractivity contribution in [1.29, 1.82) is 0 Å². The molecule has 0 saturated carbocycles. The van der Waals surface area contributed by atoms with Crippen LogP contribution in [0.5, 0.6) is 5.75 Å². The first kappa shape index (κ1) is 25.6. The summed E-state index contributed by atoms with van der Waals surface area (Å²) < 4.78 is 48.4. The van der Waals surface area contributed by atoms with Crippen molar-refractivity contribution in [3.8, 4) is 16.9 Å². The van der Waals surface area contributed by atoms with Gasteiger partial charge in [0, 0.05) is 47.9 Å². The van der Waals surface area contributed by atoms with Crippen molar-refractivity contribution in [2.24, 2.45) is 0 Å². The first-order valence-corrected chi connectivity index (χ1v) is 12.7. The first-order valence-electron chi connectivity index (χ1n) is 11.5. The van der Waals surface area contributed by atoms with Gasteiger partial charge < -0.3 is 14.4 Å². The van der Waals surface area contributed by atoms with Gasteiger partial charge >= 0.3 is 6.18 Å². The van der Waals surface area contributed by atoms with Gasteiger partial charge in [-0.05, 0) is 48.0 Å². The van der Waals surface area contributed by atoms with Crippen LogP contribution < -0.4 is 10.3 Å². The van der Waals surface area contributed by atoms with E-state index in [1.165, 1.54) is 24.3 Å². The second-order valence-electron chi connectivity index (χ2n) is 8.82. The zero-order valence-electron chi connectivity index (χ0n) is 19.4. The number of halogens is 5. The van der Waals surface area contributed by atoms with Crippen LogP contribution in [-0.2, 0) is 12.7 Å². The third-order valence-corrected chi connectivity index (χ3v) is 7.22. The van der Waals surface area contributed by atoms with E-state index in [0.29, 0.717) is 35.7 Å². The van der Waals surface area contributed by atoms with Crippen molar-refractivity contribution in [1.82, 2.24) is 4.90 Å². The number of benzene rings is 3.